The van der Waals surface area contributed by atoms with E-state index in [2.05, 4.69) is 27.7 Å². The largest absolute Gasteiger partial charge is 0.375 e. The van der Waals surface area contributed by atoms with Gasteiger partial charge >= 0.3 is 0 Å². The Morgan fingerprint density at radius 2 is 2.33 bits per heavy atom. The zero-order valence-corrected chi connectivity index (χ0v) is 9.90. The van der Waals surface area contributed by atoms with Gasteiger partial charge in [0.15, 0.2) is 5.11 Å². The molecular weight excluding hydrogens is 254 g/mol. The highest BCUT2D eigenvalue weighted by Crippen LogP contribution is 2.20. The number of nitro benzene ring substituents is 1. The third-order valence-electron chi connectivity index (χ3n) is 2.22. The minimum atomic E-state index is -0.442. The number of nitro groups is 1. The molecule has 1 aromatic carbocycles. The lowest BCUT2D eigenvalue weighted by atomic mass is 10.2. The molecule has 0 bridgehead atoms. The summed E-state index contributed by atoms with van der Waals surface area (Å²) in [5, 5.41) is 15.3. The van der Waals surface area contributed by atoms with E-state index >= 15 is 0 Å². The fourth-order valence-electron chi connectivity index (χ4n) is 1.49. The van der Waals surface area contributed by atoms with Crippen molar-refractivity contribution in [2.75, 3.05) is 0 Å². The molecule has 0 unspecified atom stereocenters. The quantitative estimate of drug-likeness (QED) is 0.334. The van der Waals surface area contributed by atoms with Crippen LogP contribution in [0.2, 0.25) is 0 Å². The molecule has 18 heavy (non-hydrogen) atoms. The predicted octanol–water partition coefficient (Wildman–Crippen LogP) is 1.24. The summed E-state index contributed by atoms with van der Waals surface area (Å²) < 4.78 is 0. The normalized spacial score (nSPS) is 10.9. The molecule has 0 aliphatic heterocycles. The zero-order chi connectivity index (χ0) is 13.1. The highest BCUT2D eigenvalue weighted by atomic mass is 32.1. The molecule has 0 aliphatic carbocycles. The molecule has 1 heterocycles. The van der Waals surface area contributed by atoms with Gasteiger partial charge in [0.1, 0.15) is 0 Å². The lowest BCUT2D eigenvalue weighted by Crippen LogP contribution is -2.23. The molecule has 0 radical (unpaired) electrons. The second kappa shape index (κ2) is 4.80. The number of hydrogen-bond acceptors (Lipinski definition) is 4. The predicted molar refractivity (Wildman–Crippen MR) is 72.5 cm³/mol. The number of H-pyrrole nitrogens is 1. The number of thiocarbonyl (C=S) groups is 1. The van der Waals surface area contributed by atoms with E-state index in [1.54, 1.807) is 6.07 Å². The molecular formula is C10H9N5O2S. The molecule has 0 saturated heterocycles. The van der Waals surface area contributed by atoms with Crippen molar-refractivity contribution in [1.29, 1.82) is 0 Å². The monoisotopic (exact) mass is 263 g/mol. The van der Waals surface area contributed by atoms with Gasteiger partial charge in [-0.2, -0.15) is 5.10 Å². The smallest absolute Gasteiger partial charge is 0.271 e. The van der Waals surface area contributed by atoms with E-state index < -0.39 is 4.92 Å². The Labute approximate surface area is 107 Å². The third kappa shape index (κ3) is 2.61. The number of nitrogens with two attached hydrogens (primary N) is 1. The second-order valence-corrected chi connectivity index (χ2v) is 3.93. The van der Waals surface area contributed by atoms with E-state index in [0.29, 0.717) is 11.2 Å². The van der Waals surface area contributed by atoms with Crippen LogP contribution < -0.4 is 11.2 Å². The molecule has 0 spiro atoms. The highest BCUT2D eigenvalue weighted by Gasteiger charge is 2.07. The van der Waals surface area contributed by atoms with Crippen LogP contribution in [0.1, 0.15) is 5.69 Å². The lowest BCUT2D eigenvalue weighted by molar-refractivity contribution is -0.384. The Morgan fingerprint density at radius 1 is 1.56 bits per heavy atom. The third-order valence-corrected chi connectivity index (χ3v) is 2.31. The minimum absolute atomic E-state index is 0.0362. The van der Waals surface area contributed by atoms with Crippen molar-refractivity contribution >= 4 is 40.1 Å². The van der Waals surface area contributed by atoms with E-state index in [9.17, 15) is 10.1 Å². The van der Waals surface area contributed by atoms with E-state index in [4.69, 9.17) is 5.73 Å². The van der Waals surface area contributed by atoms with Gasteiger partial charge in [-0.1, -0.05) is 0 Å². The molecule has 0 amide bonds. The molecule has 0 saturated carbocycles. The van der Waals surface area contributed by atoms with Crippen molar-refractivity contribution in [3.63, 3.8) is 0 Å². The molecule has 8 heteroatoms. The minimum Gasteiger partial charge on any atom is -0.375 e. The number of hydrazone groups is 1. The molecule has 92 valence electrons. The van der Waals surface area contributed by atoms with Crippen LogP contribution in [0, 0.1) is 10.1 Å². The van der Waals surface area contributed by atoms with Crippen LogP contribution in [0.15, 0.2) is 29.4 Å². The van der Waals surface area contributed by atoms with Crippen molar-refractivity contribution in [2.45, 2.75) is 0 Å². The first-order valence-electron chi connectivity index (χ1n) is 4.92. The second-order valence-electron chi connectivity index (χ2n) is 3.49. The Kier molecular flexibility index (Phi) is 3.20. The topological polar surface area (TPSA) is 109 Å². The van der Waals surface area contributed by atoms with Crippen LogP contribution in [-0.2, 0) is 0 Å². The van der Waals surface area contributed by atoms with Crippen molar-refractivity contribution in [2.24, 2.45) is 10.8 Å². The number of benzene rings is 1. The van der Waals surface area contributed by atoms with Crippen molar-refractivity contribution in [3.8, 4) is 0 Å². The van der Waals surface area contributed by atoms with Crippen molar-refractivity contribution in [1.82, 2.24) is 10.4 Å². The number of aromatic nitrogens is 1. The summed E-state index contributed by atoms with van der Waals surface area (Å²) in [7, 11) is 0. The first kappa shape index (κ1) is 12.0. The number of nitrogens with one attached hydrogen (secondary N) is 2. The van der Waals surface area contributed by atoms with Crippen LogP contribution >= 0.6 is 12.2 Å². The SMILES string of the molecule is NC(=S)NN=Cc1cc2ccc([N+](=O)[O-])cc2[nH]1. The van der Waals surface area contributed by atoms with Crippen LogP contribution in [0.3, 0.4) is 0 Å². The van der Waals surface area contributed by atoms with Gasteiger partial charge in [-0.25, -0.2) is 0 Å². The lowest BCUT2D eigenvalue weighted by Gasteiger charge is -1.92. The van der Waals surface area contributed by atoms with Crippen LogP contribution in [0.4, 0.5) is 5.69 Å². The number of rotatable bonds is 3. The first-order valence-corrected chi connectivity index (χ1v) is 5.33. The summed E-state index contributed by atoms with van der Waals surface area (Å²) in [4.78, 5) is 13.2. The van der Waals surface area contributed by atoms with E-state index in [1.165, 1.54) is 18.3 Å². The Morgan fingerprint density at radius 3 is 3.00 bits per heavy atom. The molecule has 2 aromatic rings. The molecule has 1 aromatic heterocycles. The summed E-state index contributed by atoms with van der Waals surface area (Å²) in [6.07, 6.45) is 1.49. The summed E-state index contributed by atoms with van der Waals surface area (Å²) in [6.45, 7) is 0. The number of non-ortho nitro benzene ring substituents is 1. The van der Waals surface area contributed by atoms with Crippen LogP contribution in [0.5, 0.6) is 0 Å². The van der Waals surface area contributed by atoms with Gasteiger partial charge in [-0.15, -0.1) is 0 Å². The Bertz CT molecular complexity index is 649. The van der Waals surface area contributed by atoms with E-state index in [0.717, 1.165) is 5.39 Å². The van der Waals surface area contributed by atoms with Gasteiger partial charge in [0.25, 0.3) is 5.69 Å². The first-order chi connectivity index (χ1) is 8.56. The number of aromatic amines is 1. The van der Waals surface area contributed by atoms with Crippen LogP contribution in [0.25, 0.3) is 10.9 Å². The number of fused-ring (bicyclic) bond motifs is 1. The molecule has 0 fully saturated rings. The Hall–Kier alpha value is -2.48. The molecule has 4 N–H and O–H groups in total. The summed E-state index contributed by atoms with van der Waals surface area (Å²) >= 11 is 4.59. The van der Waals surface area contributed by atoms with Gasteiger partial charge in [0.05, 0.1) is 22.3 Å². The number of nitrogens with zero attached hydrogens (tertiary/aromatic N) is 2. The molecule has 7 nitrogen and oxygen atoms in total. The molecule has 2 rings (SSSR count). The standard InChI is InChI=1S/C10H9N5O2S/c11-10(18)14-12-5-7-3-6-1-2-8(15(16)17)4-9(6)13-7/h1-5,13H,(H3,11,14,18). The highest BCUT2D eigenvalue weighted by molar-refractivity contribution is 7.80. The average Bonchev–Trinajstić information content (AvgIpc) is 2.69. The fraction of sp³-hybridized carbons (Fsp3) is 0. The fourth-order valence-corrected chi connectivity index (χ4v) is 1.54. The summed E-state index contributed by atoms with van der Waals surface area (Å²) in [5.74, 6) is 0. The van der Waals surface area contributed by atoms with E-state index in [1.807, 2.05) is 6.07 Å². The van der Waals surface area contributed by atoms with Crippen LogP contribution in [-0.4, -0.2) is 21.2 Å². The van der Waals surface area contributed by atoms with Crippen molar-refractivity contribution < 1.29 is 4.92 Å². The summed E-state index contributed by atoms with van der Waals surface area (Å²) in [6, 6.07) is 6.39. The maximum absolute atomic E-state index is 10.6. The average molecular weight is 263 g/mol. The van der Waals surface area contributed by atoms with Gasteiger partial charge in [0.2, 0.25) is 0 Å². The molecule has 0 aliphatic rings. The maximum Gasteiger partial charge on any atom is 0.271 e. The maximum atomic E-state index is 10.6. The number of hydrogen-bond donors (Lipinski definition) is 3. The van der Waals surface area contributed by atoms with Gasteiger partial charge in [-0.3, -0.25) is 15.5 Å². The van der Waals surface area contributed by atoms with Crippen molar-refractivity contribution in [3.05, 3.63) is 40.1 Å². The zero-order valence-electron chi connectivity index (χ0n) is 9.08. The van der Waals surface area contributed by atoms with Gasteiger partial charge < -0.3 is 10.7 Å². The molecule has 0 atom stereocenters. The Balaban J connectivity index is 2.29. The summed E-state index contributed by atoms with van der Waals surface area (Å²) in [5.41, 5.74) is 9.02. The van der Waals surface area contributed by atoms with E-state index in [-0.39, 0.29) is 10.8 Å². The van der Waals surface area contributed by atoms with Gasteiger partial charge in [-0.05, 0) is 24.4 Å². The van der Waals surface area contributed by atoms with Gasteiger partial charge in [0, 0.05) is 17.5 Å².